The van der Waals surface area contributed by atoms with E-state index in [4.69, 9.17) is 0 Å². The maximum Gasteiger partial charge on any atom is 0.157 e. The second-order valence-corrected chi connectivity index (χ2v) is 4.87. The Morgan fingerprint density at radius 2 is 1.33 bits per heavy atom. The van der Waals surface area contributed by atoms with Gasteiger partial charge in [-0.2, -0.15) is 0 Å². The summed E-state index contributed by atoms with van der Waals surface area (Å²) in [5.74, 6) is -0.220. The van der Waals surface area contributed by atoms with E-state index in [9.17, 15) is 20.4 Å². The van der Waals surface area contributed by atoms with Crippen LogP contribution in [-0.4, -0.2) is 20.4 Å². The lowest BCUT2D eigenvalue weighted by molar-refractivity contribution is 0.403. The van der Waals surface area contributed by atoms with E-state index in [2.05, 4.69) is 0 Å². The Kier molecular flexibility index (Phi) is 4.38. The molecule has 0 aromatic heterocycles. The summed E-state index contributed by atoms with van der Waals surface area (Å²) in [7, 11) is 0. The molecule has 0 aliphatic rings. The number of hydrogen-bond acceptors (Lipinski definition) is 4. The van der Waals surface area contributed by atoms with Gasteiger partial charge in [-0.05, 0) is 41.8 Å². The summed E-state index contributed by atoms with van der Waals surface area (Å²) in [4.78, 5) is 0. The van der Waals surface area contributed by atoms with Gasteiger partial charge in [0, 0.05) is 5.56 Å². The zero-order chi connectivity index (χ0) is 15.4. The Balaban J connectivity index is 2.26. The minimum absolute atomic E-state index is 0.0741. The van der Waals surface area contributed by atoms with Crippen LogP contribution in [0.2, 0.25) is 0 Å². The van der Waals surface area contributed by atoms with Crippen molar-refractivity contribution in [2.45, 2.75) is 19.8 Å². The van der Waals surface area contributed by atoms with Gasteiger partial charge in [0.2, 0.25) is 0 Å². The Hall–Kier alpha value is -2.62. The first-order valence-electron chi connectivity index (χ1n) is 6.76. The largest absolute Gasteiger partial charge is 0.508 e. The molecule has 0 fully saturated rings. The van der Waals surface area contributed by atoms with E-state index in [0.717, 1.165) is 6.42 Å². The predicted octanol–water partition coefficient (Wildman–Crippen LogP) is 3.63. The van der Waals surface area contributed by atoms with Gasteiger partial charge in [-0.25, -0.2) is 0 Å². The van der Waals surface area contributed by atoms with Crippen molar-refractivity contribution in [3.8, 4) is 23.0 Å². The Labute approximate surface area is 123 Å². The second kappa shape index (κ2) is 6.22. The van der Waals surface area contributed by atoms with Crippen LogP contribution < -0.4 is 0 Å². The van der Waals surface area contributed by atoms with Gasteiger partial charge in [-0.3, -0.25) is 0 Å². The van der Waals surface area contributed by atoms with E-state index in [0.29, 0.717) is 23.1 Å². The summed E-state index contributed by atoms with van der Waals surface area (Å²) in [6.07, 6.45) is 4.88. The van der Waals surface area contributed by atoms with E-state index in [1.165, 1.54) is 12.1 Å². The van der Waals surface area contributed by atoms with Crippen molar-refractivity contribution in [1.82, 2.24) is 0 Å². The van der Waals surface area contributed by atoms with Gasteiger partial charge in [0.25, 0.3) is 0 Å². The molecule has 0 saturated heterocycles. The quantitative estimate of drug-likeness (QED) is 0.511. The zero-order valence-corrected chi connectivity index (χ0v) is 11.7. The van der Waals surface area contributed by atoms with Crippen LogP contribution in [-0.2, 0) is 6.42 Å². The average Bonchev–Trinajstić information content (AvgIpc) is 2.44. The number of hydrogen-bond donors (Lipinski definition) is 4. The van der Waals surface area contributed by atoms with Crippen LogP contribution in [0.1, 0.15) is 30.0 Å². The molecule has 21 heavy (non-hydrogen) atoms. The highest BCUT2D eigenvalue weighted by molar-refractivity contribution is 5.72. The van der Waals surface area contributed by atoms with Crippen molar-refractivity contribution in [3.63, 3.8) is 0 Å². The van der Waals surface area contributed by atoms with Crippen LogP contribution >= 0.6 is 0 Å². The van der Waals surface area contributed by atoms with Gasteiger partial charge in [0.05, 0.1) is 0 Å². The lowest BCUT2D eigenvalue weighted by atomic mass is 10.0. The van der Waals surface area contributed by atoms with Crippen LogP contribution in [0.4, 0.5) is 0 Å². The average molecular weight is 286 g/mol. The summed E-state index contributed by atoms with van der Waals surface area (Å²) in [6, 6.07) is 7.64. The van der Waals surface area contributed by atoms with E-state index >= 15 is 0 Å². The van der Waals surface area contributed by atoms with Gasteiger partial charge in [-0.15, -0.1) is 0 Å². The molecule has 110 valence electrons. The van der Waals surface area contributed by atoms with E-state index < -0.39 is 0 Å². The maximum absolute atomic E-state index is 9.91. The fourth-order valence-corrected chi connectivity index (χ4v) is 2.10. The van der Waals surface area contributed by atoms with Crippen molar-refractivity contribution in [1.29, 1.82) is 0 Å². The zero-order valence-electron chi connectivity index (χ0n) is 11.7. The fraction of sp³-hybridized carbons (Fsp3) is 0.176. The molecule has 0 aliphatic heterocycles. The molecule has 2 aromatic rings. The van der Waals surface area contributed by atoms with Crippen molar-refractivity contribution < 1.29 is 20.4 Å². The number of aromatic hydroxyl groups is 4. The van der Waals surface area contributed by atoms with Crippen LogP contribution in [0.5, 0.6) is 23.0 Å². The van der Waals surface area contributed by atoms with E-state index in [1.54, 1.807) is 30.4 Å². The van der Waals surface area contributed by atoms with E-state index in [-0.39, 0.29) is 23.0 Å². The molecule has 0 amide bonds. The molecule has 4 N–H and O–H groups in total. The monoisotopic (exact) mass is 286 g/mol. The Morgan fingerprint density at radius 1 is 0.762 bits per heavy atom. The normalized spacial score (nSPS) is 11.1. The summed E-state index contributed by atoms with van der Waals surface area (Å²) in [6.45, 7) is 1.98. The fourth-order valence-electron chi connectivity index (χ4n) is 2.10. The number of phenolic OH excluding ortho intramolecular Hbond substituents is 4. The molecule has 4 heteroatoms. The highest BCUT2D eigenvalue weighted by Gasteiger charge is 2.07. The third kappa shape index (κ3) is 3.48. The summed E-state index contributed by atoms with van der Waals surface area (Å²) < 4.78 is 0. The molecular formula is C17H18O4. The summed E-state index contributed by atoms with van der Waals surface area (Å²) in [5.41, 5.74) is 1.90. The topological polar surface area (TPSA) is 80.9 Å². The molecule has 2 rings (SSSR count). The third-order valence-electron chi connectivity index (χ3n) is 3.19. The first kappa shape index (κ1) is 14.8. The van der Waals surface area contributed by atoms with Crippen molar-refractivity contribution in [3.05, 3.63) is 47.0 Å². The number of phenols is 4. The Bertz CT molecular complexity index is 651. The molecule has 0 bridgehead atoms. The third-order valence-corrected chi connectivity index (χ3v) is 3.19. The van der Waals surface area contributed by atoms with Gasteiger partial charge in [0.1, 0.15) is 11.5 Å². The summed E-state index contributed by atoms with van der Waals surface area (Å²) >= 11 is 0. The Morgan fingerprint density at radius 3 is 1.90 bits per heavy atom. The molecule has 2 aromatic carbocycles. The molecule has 0 atom stereocenters. The molecule has 0 heterocycles. The lowest BCUT2D eigenvalue weighted by Gasteiger charge is -2.07. The smallest absolute Gasteiger partial charge is 0.157 e. The first-order chi connectivity index (χ1) is 10.0. The minimum Gasteiger partial charge on any atom is -0.508 e. The van der Waals surface area contributed by atoms with Gasteiger partial charge in [-0.1, -0.05) is 31.6 Å². The molecule has 0 radical (unpaired) electrons. The van der Waals surface area contributed by atoms with Gasteiger partial charge >= 0.3 is 0 Å². The van der Waals surface area contributed by atoms with Crippen LogP contribution in [0.25, 0.3) is 12.2 Å². The van der Waals surface area contributed by atoms with Crippen LogP contribution in [0.3, 0.4) is 0 Å². The van der Waals surface area contributed by atoms with Crippen molar-refractivity contribution >= 4 is 12.2 Å². The number of rotatable bonds is 4. The standard InChI is InChI=1S/C17H18O4/c1-2-3-13-15(19)9-12(10-16(13)20)5-4-11-6-7-14(18)17(21)8-11/h4-10,18-21H,2-3H2,1H3/b5-4+. The van der Waals surface area contributed by atoms with Crippen molar-refractivity contribution in [2.75, 3.05) is 0 Å². The highest BCUT2D eigenvalue weighted by Crippen LogP contribution is 2.31. The number of benzene rings is 2. The van der Waals surface area contributed by atoms with Crippen LogP contribution in [0, 0.1) is 0 Å². The maximum atomic E-state index is 9.91. The first-order valence-corrected chi connectivity index (χ1v) is 6.76. The highest BCUT2D eigenvalue weighted by atomic mass is 16.3. The van der Waals surface area contributed by atoms with Gasteiger partial charge in [0.15, 0.2) is 11.5 Å². The van der Waals surface area contributed by atoms with Crippen molar-refractivity contribution in [2.24, 2.45) is 0 Å². The molecular weight excluding hydrogens is 268 g/mol. The molecule has 4 nitrogen and oxygen atoms in total. The molecule has 0 unspecified atom stereocenters. The second-order valence-electron chi connectivity index (χ2n) is 4.87. The van der Waals surface area contributed by atoms with E-state index in [1.807, 2.05) is 6.92 Å². The predicted molar refractivity (Wildman–Crippen MR) is 82.5 cm³/mol. The minimum atomic E-state index is -0.193. The summed E-state index contributed by atoms with van der Waals surface area (Å²) in [5, 5.41) is 38.5. The van der Waals surface area contributed by atoms with Gasteiger partial charge < -0.3 is 20.4 Å². The molecule has 0 aliphatic carbocycles. The molecule has 0 spiro atoms. The SMILES string of the molecule is CCCc1c(O)cc(/C=C/c2ccc(O)c(O)c2)cc1O. The van der Waals surface area contributed by atoms with Crippen LogP contribution in [0.15, 0.2) is 30.3 Å². The lowest BCUT2D eigenvalue weighted by Crippen LogP contribution is -1.87. The molecule has 0 saturated carbocycles.